The first-order valence-corrected chi connectivity index (χ1v) is 12.9. The smallest absolute Gasteiger partial charge is 0.410 e. The molecule has 3 aromatic rings. The number of nitrogen functional groups attached to an aromatic ring is 1. The van der Waals surface area contributed by atoms with Crippen molar-refractivity contribution in [1.29, 1.82) is 0 Å². The molecule has 1 aromatic heterocycles. The van der Waals surface area contributed by atoms with Crippen molar-refractivity contribution in [2.24, 2.45) is 0 Å². The van der Waals surface area contributed by atoms with E-state index in [-0.39, 0.29) is 12.0 Å². The monoisotopic (exact) mass is 498 g/mol. The number of benzene rings is 2. The maximum absolute atomic E-state index is 12.4. The largest absolute Gasteiger partial charge is 0.444 e. The van der Waals surface area contributed by atoms with Gasteiger partial charge in [0.05, 0.1) is 0 Å². The average Bonchev–Trinajstić information content (AvgIpc) is 2.88. The van der Waals surface area contributed by atoms with Crippen LogP contribution in [0.15, 0.2) is 54.7 Å². The summed E-state index contributed by atoms with van der Waals surface area (Å²) in [4.78, 5) is 30.8. The first kappa shape index (κ1) is 24.8. The Morgan fingerprint density at radius 2 is 1.70 bits per heavy atom. The summed E-state index contributed by atoms with van der Waals surface area (Å²) in [6, 6.07) is 16.5. The number of amides is 2. The molecule has 1 fully saturated rings. The fourth-order valence-corrected chi connectivity index (χ4v) is 5.13. The standard InChI is InChI=1S/C30H34N4O3/c1-30(2,3)37-29(36)34-14-11-21(12-15-34)19-4-6-20(7-5-19)24-17-26(27(31)33-18-24)22-8-9-25-23(16-22)10-13-32-28(25)35/h4-9,16-18,21H,10-15H2,1-3H3,(H2,31,33)(H,32,35). The van der Waals surface area contributed by atoms with Crippen LogP contribution in [-0.2, 0) is 11.2 Å². The van der Waals surface area contributed by atoms with Crippen LogP contribution in [0.5, 0.6) is 0 Å². The summed E-state index contributed by atoms with van der Waals surface area (Å²) >= 11 is 0. The number of fused-ring (bicyclic) bond motifs is 1. The highest BCUT2D eigenvalue weighted by Crippen LogP contribution is 2.34. The second-order valence-electron chi connectivity index (χ2n) is 10.9. The van der Waals surface area contributed by atoms with Gasteiger partial charge >= 0.3 is 6.09 Å². The average molecular weight is 499 g/mol. The van der Waals surface area contributed by atoms with Crippen molar-refractivity contribution in [3.8, 4) is 22.3 Å². The number of nitrogens with zero attached hydrogens (tertiary/aromatic N) is 2. The third-order valence-corrected chi connectivity index (χ3v) is 7.12. The summed E-state index contributed by atoms with van der Waals surface area (Å²) in [5.74, 6) is 0.862. The van der Waals surface area contributed by atoms with E-state index < -0.39 is 5.60 Å². The van der Waals surface area contributed by atoms with Gasteiger partial charge in [0.1, 0.15) is 11.4 Å². The van der Waals surface area contributed by atoms with E-state index in [2.05, 4.69) is 46.7 Å². The molecule has 3 N–H and O–H groups in total. The van der Waals surface area contributed by atoms with E-state index in [1.165, 1.54) is 5.56 Å². The first-order chi connectivity index (χ1) is 17.7. The number of rotatable bonds is 3. The number of pyridine rings is 1. The van der Waals surface area contributed by atoms with Crippen molar-refractivity contribution < 1.29 is 14.3 Å². The van der Waals surface area contributed by atoms with Crippen LogP contribution in [0, 0.1) is 0 Å². The zero-order valence-electron chi connectivity index (χ0n) is 21.7. The quantitative estimate of drug-likeness (QED) is 0.504. The highest BCUT2D eigenvalue weighted by Gasteiger charge is 2.27. The molecule has 5 rings (SSSR count). The van der Waals surface area contributed by atoms with Crippen LogP contribution < -0.4 is 11.1 Å². The first-order valence-electron chi connectivity index (χ1n) is 12.9. The molecule has 0 bridgehead atoms. The summed E-state index contributed by atoms with van der Waals surface area (Å²) < 4.78 is 5.52. The van der Waals surface area contributed by atoms with Crippen molar-refractivity contribution in [2.45, 2.75) is 51.6 Å². The maximum atomic E-state index is 12.4. The number of nitrogens with two attached hydrogens (primary N) is 1. The minimum Gasteiger partial charge on any atom is -0.444 e. The predicted molar refractivity (Wildman–Crippen MR) is 145 cm³/mol. The Balaban J connectivity index is 1.30. The number of nitrogens with one attached hydrogen (secondary N) is 1. The summed E-state index contributed by atoms with van der Waals surface area (Å²) in [6.45, 7) is 7.74. The van der Waals surface area contributed by atoms with Crippen LogP contribution >= 0.6 is 0 Å². The molecule has 2 aliphatic heterocycles. The molecule has 2 amide bonds. The van der Waals surface area contributed by atoms with Gasteiger partial charge in [-0.15, -0.1) is 0 Å². The third kappa shape index (κ3) is 5.45. The molecule has 7 heteroatoms. The van der Waals surface area contributed by atoms with E-state index >= 15 is 0 Å². The molecule has 192 valence electrons. The summed E-state index contributed by atoms with van der Waals surface area (Å²) in [5, 5.41) is 2.88. The van der Waals surface area contributed by atoms with Crippen LogP contribution in [0.2, 0.25) is 0 Å². The molecule has 0 atom stereocenters. The van der Waals surface area contributed by atoms with Crippen molar-refractivity contribution in [2.75, 3.05) is 25.4 Å². The van der Waals surface area contributed by atoms with Gasteiger partial charge in [-0.25, -0.2) is 9.78 Å². The number of aromatic nitrogens is 1. The second-order valence-corrected chi connectivity index (χ2v) is 10.9. The predicted octanol–water partition coefficient (Wildman–Crippen LogP) is 5.40. The number of ether oxygens (including phenoxy) is 1. The van der Waals surface area contributed by atoms with E-state index in [1.54, 1.807) is 6.20 Å². The minimum absolute atomic E-state index is 0.0248. The third-order valence-electron chi connectivity index (χ3n) is 7.12. The highest BCUT2D eigenvalue weighted by atomic mass is 16.6. The van der Waals surface area contributed by atoms with Crippen molar-refractivity contribution in [3.63, 3.8) is 0 Å². The van der Waals surface area contributed by atoms with Crippen molar-refractivity contribution in [3.05, 3.63) is 71.4 Å². The van der Waals surface area contributed by atoms with Crippen molar-refractivity contribution in [1.82, 2.24) is 15.2 Å². The lowest BCUT2D eigenvalue weighted by Crippen LogP contribution is -2.41. The molecule has 0 spiro atoms. The topological polar surface area (TPSA) is 97.6 Å². The fourth-order valence-electron chi connectivity index (χ4n) is 5.13. The van der Waals surface area contributed by atoms with Gasteiger partial charge in [0.15, 0.2) is 0 Å². The van der Waals surface area contributed by atoms with Gasteiger partial charge in [-0.2, -0.15) is 0 Å². The fraction of sp³-hybridized carbons (Fsp3) is 0.367. The number of anilines is 1. The Kier molecular flexibility index (Phi) is 6.63. The van der Waals surface area contributed by atoms with E-state index in [0.717, 1.165) is 52.6 Å². The zero-order chi connectivity index (χ0) is 26.2. The number of carbonyl (C=O) groups is 2. The molecule has 1 saturated heterocycles. The molecule has 2 aliphatic rings. The van der Waals surface area contributed by atoms with Gasteiger partial charge in [-0.1, -0.05) is 36.4 Å². The number of hydrogen-bond acceptors (Lipinski definition) is 5. The molecule has 0 unspecified atom stereocenters. The number of carbonyl (C=O) groups excluding carboxylic acids is 2. The van der Waals surface area contributed by atoms with E-state index in [0.29, 0.717) is 31.4 Å². The van der Waals surface area contributed by atoms with E-state index in [1.807, 2.05) is 37.8 Å². The van der Waals surface area contributed by atoms with Gasteiger partial charge < -0.3 is 20.7 Å². The van der Waals surface area contributed by atoms with E-state index in [9.17, 15) is 9.59 Å². The SMILES string of the molecule is CC(C)(C)OC(=O)N1CCC(c2ccc(-c3cnc(N)c(-c4ccc5c(c4)CCNC5=O)c3)cc2)CC1. The highest BCUT2D eigenvalue weighted by molar-refractivity contribution is 5.97. The van der Waals surface area contributed by atoms with Gasteiger partial charge in [0.25, 0.3) is 5.91 Å². The molecular weight excluding hydrogens is 464 g/mol. The van der Waals surface area contributed by atoms with Crippen LogP contribution in [0.1, 0.15) is 61.0 Å². The minimum atomic E-state index is -0.475. The maximum Gasteiger partial charge on any atom is 0.410 e. The summed E-state index contributed by atoms with van der Waals surface area (Å²) in [6.07, 6.45) is 4.22. The molecule has 3 heterocycles. The van der Waals surface area contributed by atoms with E-state index in [4.69, 9.17) is 10.5 Å². The van der Waals surface area contributed by atoms with Crippen molar-refractivity contribution >= 4 is 17.8 Å². The number of likely N-dealkylation sites (tertiary alicyclic amines) is 1. The molecule has 0 aliphatic carbocycles. The second kappa shape index (κ2) is 9.88. The van der Waals surface area contributed by atoms with Crippen LogP contribution in [-0.4, -0.2) is 47.1 Å². The van der Waals surface area contributed by atoms with Gasteiger partial charge in [0.2, 0.25) is 0 Å². The Labute approximate surface area is 218 Å². The number of hydrogen-bond donors (Lipinski definition) is 2. The van der Waals surface area contributed by atoms with Gasteiger partial charge in [-0.05, 0) is 80.3 Å². The molecule has 2 aromatic carbocycles. The molecule has 37 heavy (non-hydrogen) atoms. The lowest BCUT2D eigenvalue weighted by Gasteiger charge is -2.33. The Morgan fingerprint density at radius 3 is 2.41 bits per heavy atom. The van der Waals surface area contributed by atoms with Crippen LogP contribution in [0.4, 0.5) is 10.6 Å². The Morgan fingerprint density at radius 1 is 1.00 bits per heavy atom. The van der Waals surface area contributed by atoms with Gasteiger partial charge in [-0.3, -0.25) is 4.79 Å². The van der Waals surface area contributed by atoms with Crippen LogP contribution in [0.3, 0.4) is 0 Å². The normalized spacial score (nSPS) is 16.2. The molecule has 0 radical (unpaired) electrons. The summed E-state index contributed by atoms with van der Waals surface area (Å²) in [7, 11) is 0. The Bertz CT molecular complexity index is 1320. The molecule has 7 nitrogen and oxygen atoms in total. The van der Waals surface area contributed by atoms with Gasteiger partial charge in [0, 0.05) is 42.5 Å². The molecular formula is C30H34N4O3. The lowest BCUT2D eigenvalue weighted by molar-refractivity contribution is 0.0204. The molecule has 0 saturated carbocycles. The lowest BCUT2D eigenvalue weighted by atomic mass is 9.88. The summed E-state index contributed by atoms with van der Waals surface area (Å²) in [5.41, 5.74) is 12.7. The zero-order valence-corrected chi connectivity index (χ0v) is 21.7. The van der Waals surface area contributed by atoms with Crippen LogP contribution in [0.25, 0.3) is 22.3 Å². The Hall–Kier alpha value is -3.87. The number of piperidine rings is 1.